The van der Waals surface area contributed by atoms with E-state index >= 15 is 0 Å². The van der Waals surface area contributed by atoms with Crippen LogP contribution >= 0.6 is 79.6 Å². The molecule has 0 aliphatic rings. The summed E-state index contributed by atoms with van der Waals surface area (Å²) in [7, 11) is 0. The Kier molecular flexibility index (Phi) is 4.31. The molecule has 0 N–H and O–H groups in total. The maximum absolute atomic E-state index is 3.48. The van der Waals surface area contributed by atoms with Gasteiger partial charge in [-0.1, -0.05) is 59.9 Å². The lowest BCUT2D eigenvalue weighted by Crippen LogP contribution is -1.98. The molecule has 0 unspecified atom stereocenters. The molecule has 0 saturated carbocycles. The Morgan fingerprint density at radius 1 is 1.00 bits per heavy atom. The van der Waals surface area contributed by atoms with Crippen molar-refractivity contribution >= 4 is 79.6 Å². The molecule has 0 amide bonds. The summed E-state index contributed by atoms with van der Waals surface area (Å²) in [6, 6.07) is 5.96. The van der Waals surface area contributed by atoms with Gasteiger partial charge in [0, 0.05) is 14.5 Å². The third-order valence-electron chi connectivity index (χ3n) is 1.26. The van der Waals surface area contributed by atoms with E-state index in [1.807, 2.05) is 18.2 Å². The van der Waals surface area contributed by atoms with Crippen molar-refractivity contribution in [3.63, 3.8) is 0 Å². The number of hydrogen-bond acceptors (Lipinski definition) is 0. The van der Waals surface area contributed by atoms with Crippen molar-refractivity contribution in [3.05, 3.63) is 32.7 Å². The Labute approximate surface area is 113 Å². The van der Waals surface area contributed by atoms with Gasteiger partial charge in [-0.15, -0.1) is 0 Å². The van der Waals surface area contributed by atoms with Crippen molar-refractivity contribution in [1.82, 2.24) is 0 Å². The van der Waals surface area contributed by atoms with E-state index in [0.717, 1.165) is 14.5 Å². The number of hydrogen-bond donors (Lipinski definition) is 0. The molecule has 1 aromatic carbocycles. The summed E-state index contributed by atoms with van der Waals surface area (Å²) < 4.78 is 1.69. The summed E-state index contributed by atoms with van der Waals surface area (Å²) in [5.41, 5.74) is 1.08. The lowest BCUT2D eigenvalue weighted by molar-refractivity contribution is 1.32. The van der Waals surface area contributed by atoms with E-state index in [9.17, 15) is 0 Å². The number of halogens is 5. The van der Waals surface area contributed by atoms with Crippen LogP contribution < -0.4 is 0 Å². The fourth-order valence-electron chi connectivity index (χ4n) is 0.723. The van der Waals surface area contributed by atoms with Crippen LogP contribution in [0.2, 0.25) is 0 Å². The van der Waals surface area contributed by atoms with Crippen LogP contribution in [0.3, 0.4) is 0 Å². The van der Waals surface area contributed by atoms with Gasteiger partial charge in [-0.05, 0) is 37.9 Å². The van der Waals surface area contributed by atoms with Gasteiger partial charge in [0.05, 0.1) is 0 Å². The second-order valence-electron chi connectivity index (χ2n) is 2.10. The maximum atomic E-state index is 3.48. The van der Waals surface area contributed by atoms with E-state index in [-0.39, 0.29) is 2.14 Å². The normalized spacial score (nSPS) is 11.8. The average Bonchev–Trinajstić information content (AvgIpc) is 1.92. The molecule has 0 aliphatic heterocycles. The smallest absolute Gasteiger partial charge is 0.0607 e. The molecule has 1 aromatic rings. The van der Waals surface area contributed by atoms with Crippen molar-refractivity contribution < 1.29 is 0 Å². The Morgan fingerprint density at radius 2 is 1.58 bits per heavy atom. The van der Waals surface area contributed by atoms with Crippen LogP contribution in [-0.2, 0) is 2.14 Å². The second-order valence-corrected chi connectivity index (χ2v) is 10.5. The molecule has 66 valence electrons. The van der Waals surface area contributed by atoms with Crippen molar-refractivity contribution in [3.8, 4) is 0 Å². The van der Waals surface area contributed by atoms with Gasteiger partial charge in [-0.3, -0.25) is 0 Å². The average molecular weight is 487 g/mol. The fraction of sp³-hybridized carbons (Fsp3) is 0.143. The number of rotatable bonds is 0. The summed E-state index contributed by atoms with van der Waals surface area (Å²) in [6.45, 7) is 0. The monoisotopic (exact) mass is 482 g/mol. The molecule has 0 bridgehead atoms. The highest BCUT2D eigenvalue weighted by atomic mass is 80.0. The minimum absolute atomic E-state index is 0.365. The van der Waals surface area contributed by atoms with Gasteiger partial charge in [0.1, 0.15) is 0 Å². The van der Waals surface area contributed by atoms with Crippen LogP contribution in [0, 0.1) is 0 Å². The summed E-state index contributed by atoms with van der Waals surface area (Å²) in [5, 5.41) is 0. The second kappa shape index (κ2) is 4.43. The molecule has 1 rings (SSSR count). The van der Waals surface area contributed by atoms with Gasteiger partial charge >= 0.3 is 0 Å². The molecule has 0 fully saturated rings. The number of alkyl halides is 3. The van der Waals surface area contributed by atoms with Crippen molar-refractivity contribution in [2.45, 2.75) is 2.14 Å². The van der Waals surface area contributed by atoms with Crippen LogP contribution in [0.15, 0.2) is 27.1 Å². The maximum Gasteiger partial charge on any atom is 0.161 e. The standard InChI is InChI=1S/C7H3Br5/c8-5-3-1-2-4(6(5)9)7(10,11)12/h1-3H. The van der Waals surface area contributed by atoms with Crippen LogP contribution in [-0.4, -0.2) is 0 Å². The van der Waals surface area contributed by atoms with Crippen molar-refractivity contribution in [2.75, 3.05) is 0 Å². The van der Waals surface area contributed by atoms with E-state index < -0.39 is 0 Å². The molecule has 0 aliphatic carbocycles. The summed E-state index contributed by atoms with van der Waals surface area (Å²) >= 11 is 17.3. The summed E-state index contributed by atoms with van der Waals surface area (Å²) in [4.78, 5) is 0. The zero-order valence-electron chi connectivity index (χ0n) is 5.62. The first kappa shape index (κ1) is 11.7. The van der Waals surface area contributed by atoms with E-state index in [1.165, 1.54) is 0 Å². The molecule has 5 heteroatoms. The zero-order chi connectivity index (χ0) is 9.35. The molecule has 0 heterocycles. The van der Waals surface area contributed by atoms with Gasteiger partial charge < -0.3 is 0 Å². The van der Waals surface area contributed by atoms with Crippen molar-refractivity contribution in [2.24, 2.45) is 0 Å². The highest BCUT2D eigenvalue weighted by molar-refractivity contribution is 9.38. The Morgan fingerprint density at radius 3 is 2.00 bits per heavy atom. The Balaban J connectivity index is 3.26. The molecule has 0 atom stereocenters. The SMILES string of the molecule is Brc1cccc(C(Br)(Br)Br)c1Br. The number of benzene rings is 1. The summed E-state index contributed by atoms with van der Waals surface area (Å²) in [5.74, 6) is 0. The van der Waals surface area contributed by atoms with Crippen LogP contribution in [0.1, 0.15) is 5.56 Å². The first-order valence-electron chi connectivity index (χ1n) is 2.94. The molecule has 12 heavy (non-hydrogen) atoms. The third-order valence-corrected chi connectivity index (χ3v) is 4.59. The van der Waals surface area contributed by atoms with Gasteiger partial charge in [0.15, 0.2) is 2.14 Å². The summed E-state index contributed by atoms with van der Waals surface area (Å²) in [6.07, 6.45) is 0. The van der Waals surface area contributed by atoms with Crippen LogP contribution in [0.25, 0.3) is 0 Å². The van der Waals surface area contributed by atoms with E-state index in [2.05, 4.69) is 79.6 Å². The van der Waals surface area contributed by atoms with E-state index in [1.54, 1.807) is 0 Å². The molecule has 0 saturated heterocycles. The molecular formula is C7H3Br5. The van der Waals surface area contributed by atoms with Gasteiger partial charge in [0.2, 0.25) is 0 Å². The Bertz CT molecular complexity index is 288. The largest absolute Gasteiger partial charge is 0.161 e. The molecular weight excluding hydrogens is 484 g/mol. The molecule has 0 spiro atoms. The highest BCUT2D eigenvalue weighted by Gasteiger charge is 2.24. The fourth-order valence-corrected chi connectivity index (χ4v) is 3.44. The molecule has 0 radical (unpaired) electrons. The first-order chi connectivity index (χ1) is 5.43. The third kappa shape index (κ3) is 2.80. The molecule has 0 aromatic heterocycles. The van der Waals surface area contributed by atoms with Crippen molar-refractivity contribution in [1.29, 1.82) is 0 Å². The lowest BCUT2D eigenvalue weighted by Gasteiger charge is -2.15. The quantitative estimate of drug-likeness (QED) is 0.425. The zero-order valence-corrected chi connectivity index (χ0v) is 13.6. The van der Waals surface area contributed by atoms with E-state index in [4.69, 9.17) is 0 Å². The minimum Gasteiger partial charge on any atom is -0.0607 e. The van der Waals surface area contributed by atoms with Crippen LogP contribution in [0.4, 0.5) is 0 Å². The predicted molar refractivity (Wildman–Crippen MR) is 70.3 cm³/mol. The van der Waals surface area contributed by atoms with Gasteiger partial charge in [-0.2, -0.15) is 0 Å². The Hall–Kier alpha value is 1.62. The first-order valence-corrected chi connectivity index (χ1v) is 6.90. The van der Waals surface area contributed by atoms with E-state index in [0.29, 0.717) is 0 Å². The molecule has 0 nitrogen and oxygen atoms in total. The van der Waals surface area contributed by atoms with Gasteiger partial charge in [-0.25, -0.2) is 0 Å². The highest BCUT2D eigenvalue weighted by Crippen LogP contribution is 2.48. The van der Waals surface area contributed by atoms with Gasteiger partial charge in [0.25, 0.3) is 0 Å². The predicted octanol–water partition coefficient (Wildman–Crippen LogP) is 5.51. The van der Waals surface area contributed by atoms with Crippen LogP contribution in [0.5, 0.6) is 0 Å². The topological polar surface area (TPSA) is 0 Å². The minimum atomic E-state index is -0.365. The lowest BCUT2D eigenvalue weighted by atomic mass is 10.2.